The normalized spacial score (nSPS) is 12.6. The number of nitrogens with one attached hydrogen (secondary N) is 1. The maximum absolute atomic E-state index is 6.18. The van der Waals surface area contributed by atoms with Crippen molar-refractivity contribution in [3.63, 3.8) is 0 Å². The van der Waals surface area contributed by atoms with E-state index in [9.17, 15) is 0 Å². The van der Waals surface area contributed by atoms with E-state index in [2.05, 4.69) is 25.3 Å². The molecular formula is C17H29ClN2. The largest absolute Gasteiger partial charge is 0.271 e. The summed E-state index contributed by atoms with van der Waals surface area (Å²) in [6, 6.07) is 6.26. The van der Waals surface area contributed by atoms with Crippen molar-refractivity contribution >= 4 is 11.6 Å². The Balaban J connectivity index is 2.34. The fraction of sp³-hybridized carbons (Fsp3) is 0.647. The lowest BCUT2D eigenvalue weighted by Crippen LogP contribution is -2.28. The fourth-order valence-corrected chi connectivity index (χ4v) is 2.82. The van der Waals surface area contributed by atoms with Crippen LogP contribution in [0.2, 0.25) is 5.02 Å². The van der Waals surface area contributed by atoms with Crippen molar-refractivity contribution in [3.8, 4) is 0 Å². The molecule has 0 amide bonds. The summed E-state index contributed by atoms with van der Waals surface area (Å²) >= 11 is 6.18. The van der Waals surface area contributed by atoms with Crippen LogP contribution in [0.4, 0.5) is 0 Å². The van der Waals surface area contributed by atoms with Crippen molar-refractivity contribution in [2.45, 2.75) is 71.3 Å². The number of nitrogens with two attached hydrogens (primary N) is 1. The average Bonchev–Trinajstić information content (AvgIpc) is 2.46. The number of hydrogen-bond donors (Lipinski definition) is 2. The molecule has 1 unspecified atom stereocenters. The van der Waals surface area contributed by atoms with Gasteiger partial charge in [-0.1, -0.05) is 75.6 Å². The molecule has 0 aromatic heterocycles. The second kappa shape index (κ2) is 10.2. The highest BCUT2D eigenvalue weighted by Gasteiger charge is 2.13. The molecule has 1 atom stereocenters. The molecule has 3 heteroatoms. The minimum atomic E-state index is 0.212. The maximum atomic E-state index is 6.18. The van der Waals surface area contributed by atoms with Gasteiger partial charge < -0.3 is 0 Å². The molecule has 1 aromatic carbocycles. The van der Waals surface area contributed by atoms with Gasteiger partial charge >= 0.3 is 0 Å². The molecule has 0 aliphatic heterocycles. The Morgan fingerprint density at radius 3 is 2.40 bits per heavy atom. The Labute approximate surface area is 129 Å². The molecule has 0 heterocycles. The molecule has 0 fully saturated rings. The van der Waals surface area contributed by atoms with E-state index in [-0.39, 0.29) is 6.04 Å². The van der Waals surface area contributed by atoms with Gasteiger partial charge in [-0.25, -0.2) is 0 Å². The minimum Gasteiger partial charge on any atom is -0.271 e. The number of hydrazine groups is 1. The summed E-state index contributed by atoms with van der Waals surface area (Å²) in [6.45, 7) is 4.32. The average molecular weight is 297 g/mol. The lowest BCUT2D eigenvalue weighted by Gasteiger charge is -2.19. The highest BCUT2D eigenvalue weighted by atomic mass is 35.5. The molecule has 0 bridgehead atoms. The van der Waals surface area contributed by atoms with Crippen molar-refractivity contribution in [2.24, 2.45) is 5.84 Å². The Morgan fingerprint density at radius 2 is 1.75 bits per heavy atom. The first kappa shape index (κ1) is 17.5. The SMILES string of the molecule is CCCCCCCCCC(NN)c1cccc(Cl)c1C. The highest BCUT2D eigenvalue weighted by molar-refractivity contribution is 6.31. The number of hydrogen-bond acceptors (Lipinski definition) is 2. The summed E-state index contributed by atoms with van der Waals surface area (Å²) in [5.41, 5.74) is 5.31. The molecule has 0 saturated heterocycles. The Bertz CT molecular complexity index is 379. The van der Waals surface area contributed by atoms with Crippen LogP contribution in [0, 0.1) is 6.92 Å². The third-order valence-electron chi connectivity index (χ3n) is 3.98. The van der Waals surface area contributed by atoms with Crippen LogP contribution in [0.25, 0.3) is 0 Å². The summed E-state index contributed by atoms with van der Waals surface area (Å²) < 4.78 is 0. The first-order chi connectivity index (χ1) is 9.70. The van der Waals surface area contributed by atoms with E-state index in [0.29, 0.717) is 0 Å². The van der Waals surface area contributed by atoms with E-state index >= 15 is 0 Å². The summed E-state index contributed by atoms with van der Waals surface area (Å²) in [6.07, 6.45) is 10.3. The van der Waals surface area contributed by atoms with Gasteiger partial charge in [-0.2, -0.15) is 0 Å². The van der Waals surface area contributed by atoms with Gasteiger partial charge in [-0.05, 0) is 30.5 Å². The van der Waals surface area contributed by atoms with Crippen molar-refractivity contribution in [1.82, 2.24) is 5.43 Å². The van der Waals surface area contributed by atoms with Crippen molar-refractivity contribution < 1.29 is 0 Å². The van der Waals surface area contributed by atoms with Crippen LogP contribution < -0.4 is 11.3 Å². The van der Waals surface area contributed by atoms with Gasteiger partial charge in [0, 0.05) is 11.1 Å². The zero-order chi connectivity index (χ0) is 14.8. The van der Waals surface area contributed by atoms with Crippen LogP contribution in [-0.4, -0.2) is 0 Å². The van der Waals surface area contributed by atoms with Gasteiger partial charge in [0.1, 0.15) is 0 Å². The van der Waals surface area contributed by atoms with E-state index < -0.39 is 0 Å². The molecule has 0 aliphatic carbocycles. The molecular weight excluding hydrogens is 268 g/mol. The van der Waals surface area contributed by atoms with Crippen LogP contribution in [-0.2, 0) is 0 Å². The molecule has 2 nitrogen and oxygen atoms in total. The summed E-state index contributed by atoms with van der Waals surface area (Å²) in [5, 5.41) is 0.822. The zero-order valence-corrected chi connectivity index (χ0v) is 13.7. The maximum Gasteiger partial charge on any atom is 0.0463 e. The lowest BCUT2D eigenvalue weighted by atomic mass is 9.96. The molecule has 20 heavy (non-hydrogen) atoms. The highest BCUT2D eigenvalue weighted by Crippen LogP contribution is 2.27. The number of unbranched alkanes of at least 4 members (excludes halogenated alkanes) is 6. The van der Waals surface area contributed by atoms with Gasteiger partial charge in [0.05, 0.1) is 0 Å². The van der Waals surface area contributed by atoms with Gasteiger partial charge in [0.15, 0.2) is 0 Å². The Kier molecular flexibility index (Phi) is 8.92. The number of benzene rings is 1. The molecule has 3 N–H and O–H groups in total. The molecule has 1 aromatic rings. The van der Waals surface area contributed by atoms with Crippen molar-refractivity contribution in [1.29, 1.82) is 0 Å². The first-order valence-corrected chi connectivity index (χ1v) is 8.29. The third kappa shape index (κ3) is 5.82. The first-order valence-electron chi connectivity index (χ1n) is 7.91. The molecule has 1 rings (SSSR count). The lowest BCUT2D eigenvalue weighted by molar-refractivity contribution is 0.474. The topological polar surface area (TPSA) is 38.0 Å². The van der Waals surface area contributed by atoms with Gasteiger partial charge in [-0.3, -0.25) is 11.3 Å². The van der Waals surface area contributed by atoms with E-state index in [1.54, 1.807) is 0 Å². The zero-order valence-electron chi connectivity index (χ0n) is 12.9. The van der Waals surface area contributed by atoms with Crippen molar-refractivity contribution in [3.05, 3.63) is 34.3 Å². The van der Waals surface area contributed by atoms with Crippen LogP contribution >= 0.6 is 11.6 Å². The van der Waals surface area contributed by atoms with Gasteiger partial charge in [0.25, 0.3) is 0 Å². The second-order valence-electron chi connectivity index (χ2n) is 5.58. The van der Waals surface area contributed by atoms with Crippen LogP contribution in [0.3, 0.4) is 0 Å². The van der Waals surface area contributed by atoms with E-state index in [1.807, 2.05) is 12.1 Å². The molecule has 0 saturated carbocycles. The Morgan fingerprint density at radius 1 is 1.10 bits per heavy atom. The molecule has 0 radical (unpaired) electrons. The predicted molar refractivity (Wildman–Crippen MR) is 88.9 cm³/mol. The van der Waals surface area contributed by atoms with Gasteiger partial charge in [-0.15, -0.1) is 0 Å². The fourth-order valence-electron chi connectivity index (χ4n) is 2.64. The molecule has 114 valence electrons. The predicted octanol–water partition coefficient (Wildman–Crippen LogP) is 5.29. The summed E-state index contributed by atoms with van der Waals surface area (Å²) in [7, 11) is 0. The summed E-state index contributed by atoms with van der Waals surface area (Å²) in [5.74, 6) is 5.71. The quantitative estimate of drug-likeness (QED) is 0.349. The number of rotatable bonds is 10. The minimum absolute atomic E-state index is 0.212. The number of halogens is 1. The standard InChI is InChI=1S/C17H29ClN2/c1-3-4-5-6-7-8-9-13-17(20-19)15-11-10-12-16(18)14(15)2/h10-12,17,20H,3-9,13,19H2,1-2H3. The smallest absolute Gasteiger partial charge is 0.0463 e. The molecule has 0 spiro atoms. The van der Waals surface area contributed by atoms with Crippen LogP contribution in [0.1, 0.15) is 75.5 Å². The van der Waals surface area contributed by atoms with Gasteiger partial charge in [0.2, 0.25) is 0 Å². The van der Waals surface area contributed by atoms with E-state index in [1.165, 1.54) is 50.5 Å². The van der Waals surface area contributed by atoms with Crippen molar-refractivity contribution in [2.75, 3.05) is 0 Å². The van der Waals surface area contributed by atoms with Crippen LogP contribution in [0.15, 0.2) is 18.2 Å². The second-order valence-corrected chi connectivity index (χ2v) is 5.99. The molecule has 0 aliphatic rings. The third-order valence-corrected chi connectivity index (χ3v) is 4.39. The van der Waals surface area contributed by atoms with E-state index in [4.69, 9.17) is 17.4 Å². The van der Waals surface area contributed by atoms with Crippen LogP contribution in [0.5, 0.6) is 0 Å². The monoisotopic (exact) mass is 296 g/mol. The Hall–Kier alpha value is -0.570. The summed E-state index contributed by atoms with van der Waals surface area (Å²) in [4.78, 5) is 0. The van der Waals surface area contributed by atoms with E-state index in [0.717, 1.165) is 17.0 Å².